The SMILES string of the molecule is Cc1cc(C)cc(-n2nnc(CN)c2C(C)(C)C)c1. The number of aryl methyl sites for hydroxylation is 2. The number of hydrogen-bond acceptors (Lipinski definition) is 3. The Kier molecular flexibility index (Phi) is 3.45. The van der Waals surface area contributed by atoms with E-state index in [-0.39, 0.29) is 5.41 Å². The van der Waals surface area contributed by atoms with Gasteiger partial charge < -0.3 is 5.73 Å². The quantitative estimate of drug-likeness (QED) is 0.901. The first kappa shape index (κ1) is 13.7. The lowest BCUT2D eigenvalue weighted by atomic mass is 9.90. The maximum absolute atomic E-state index is 5.78. The summed E-state index contributed by atoms with van der Waals surface area (Å²) < 4.78 is 1.92. The zero-order chi connectivity index (χ0) is 14.2. The molecule has 0 amide bonds. The van der Waals surface area contributed by atoms with E-state index < -0.39 is 0 Å². The normalized spacial score (nSPS) is 11.9. The summed E-state index contributed by atoms with van der Waals surface area (Å²) in [6, 6.07) is 6.40. The van der Waals surface area contributed by atoms with Crippen LogP contribution in [0.4, 0.5) is 0 Å². The molecule has 4 nitrogen and oxygen atoms in total. The van der Waals surface area contributed by atoms with E-state index in [1.807, 2.05) is 4.68 Å². The summed E-state index contributed by atoms with van der Waals surface area (Å²) in [6.07, 6.45) is 0. The minimum Gasteiger partial charge on any atom is -0.325 e. The van der Waals surface area contributed by atoms with Gasteiger partial charge in [0.05, 0.1) is 11.4 Å². The highest BCUT2D eigenvalue weighted by molar-refractivity contribution is 5.41. The Morgan fingerprint density at radius 2 is 1.68 bits per heavy atom. The van der Waals surface area contributed by atoms with Crippen molar-refractivity contribution in [2.45, 2.75) is 46.6 Å². The molecule has 0 aliphatic rings. The van der Waals surface area contributed by atoms with E-state index >= 15 is 0 Å². The van der Waals surface area contributed by atoms with Gasteiger partial charge >= 0.3 is 0 Å². The molecule has 4 heteroatoms. The summed E-state index contributed by atoms with van der Waals surface area (Å²) in [4.78, 5) is 0. The Hall–Kier alpha value is -1.68. The number of benzene rings is 1. The van der Waals surface area contributed by atoms with Crippen LogP contribution in [0.25, 0.3) is 5.69 Å². The minimum absolute atomic E-state index is 0.0458. The van der Waals surface area contributed by atoms with Crippen molar-refractivity contribution in [2.75, 3.05) is 0 Å². The summed E-state index contributed by atoms with van der Waals surface area (Å²) in [5.74, 6) is 0. The van der Waals surface area contributed by atoms with Gasteiger partial charge in [0.25, 0.3) is 0 Å². The standard InChI is InChI=1S/C15H22N4/c1-10-6-11(2)8-12(7-10)19-14(15(3,4)5)13(9-16)17-18-19/h6-8H,9,16H2,1-5H3. The maximum Gasteiger partial charge on any atom is 0.100 e. The lowest BCUT2D eigenvalue weighted by Gasteiger charge is -2.21. The highest BCUT2D eigenvalue weighted by Crippen LogP contribution is 2.27. The summed E-state index contributed by atoms with van der Waals surface area (Å²) in [5, 5.41) is 8.52. The van der Waals surface area contributed by atoms with Gasteiger partial charge in [-0.15, -0.1) is 5.10 Å². The lowest BCUT2D eigenvalue weighted by molar-refractivity contribution is 0.537. The van der Waals surface area contributed by atoms with Gasteiger partial charge in [-0.05, 0) is 37.1 Å². The summed E-state index contributed by atoms with van der Waals surface area (Å²) >= 11 is 0. The Bertz CT molecular complexity index is 570. The molecule has 19 heavy (non-hydrogen) atoms. The van der Waals surface area contributed by atoms with E-state index in [9.17, 15) is 0 Å². The molecular formula is C15H22N4. The first-order chi connectivity index (χ1) is 8.82. The Labute approximate surface area is 114 Å². The second kappa shape index (κ2) is 4.78. The van der Waals surface area contributed by atoms with Crippen LogP contribution in [-0.2, 0) is 12.0 Å². The van der Waals surface area contributed by atoms with E-state index in [4.69, 9.17) is 5.73 Å². The highest BCUT2D eigenvalue weighted by atomic mass is 15.4. The molecule has 0 spiro atoms. The molecule has 0 bridgehead atoms. The van der Waals surface area contributed by atoms with Crippen molar-refractivity contribution in [2.24, 2.45) is 5.73 Å². The largest absolute Gasteiger partial charge is 0.325 e. The van der Waals surface area contributed by atoms with Crippen LogP contribution in [0, 0.1) is 13.8 Å². The molecule has 0 atom stereocenters. The van der Waals surface area contributed by atoms with Gasteiger partial charge in [-0.1, -0.05) is 32.1 Å². The van der Waals surface area contributed by atoms with Crippen molar-refractivity contribution < 1.29 is 0 Å². The number of rotatable bonds is 2. The second-order valence-corrected chi connectivity index (χ2v) is 6.10. The van der Waals surface area contributed by atoms with Gasteiger partial charge in [0.1, 0.15) is 5.69 Å². The monoisotopic (exact) mass is 258 g/mol. The highest BCUT2D eigenvalue weighted by Gasteiger charge is 2.25. The zero-order valence-electron chi connectivity index (χ0n) is 12.4. The average Bonchev–Trinajstić information content (AvgIpc) is 2.70. The van der Waals surface area contributed by atoms with Crippen LogP contribution in [-0.4, -0.2) is 15.0 Å². The smallest absolute Gasteiger partial charge is 0.100 e. The van der Waals surface area contributed by atoms with Crippen LogP contribution in [0.15, 0.2) is 18.2 Å². The Balaban J connectivity index is 2.66. The molecule has 0 radical (unpaired) electrons. The molecule has 2 rings (SSSR count). The molecule has 102 valence electrons. The van der Waals surface area contributed by atoms with E-state index in [0.717, 1.165) is 17.1 Å². The average molecular weight is 258 g/mol. The predicted octanol–water partition coefficient (Wildman–Crippen LogP) is 2.64. The van der Waals surface area contributed by atoms with Gasteiger partial charge in [-0.3, -0.25) is 0 Å². The van der Waals surface area contributed by atoms with Crippen molar-refractivity contribution in [3.63, 3.8) is 0 Å². The van der Waals surface area contributed by atoms with Crippen molar-refractivity contribution in [3.8, 4) is 5.69 Å². The topological polar surface area (TPSA) is 56.7 Å². The van der Waals surface area contributed by atoms with E-state index in [0.29, 0.717) is 6.54 Å². The first-order valence-electron chi connectivity index (χ1n) is 6.56. The van der Waals surface area contributed by atoms with E-state index in [1.165, 1.54) is 11.1 Å². The van der Waals surface area contributed by atoms with Crippen LogP contribution in [0.5, 0.6) is 0 Å². The molecule has 0 unspecified atom stereocenters. The van der Waals surface area contributed by atoms with Gasteiger partial charge in [0, 0.05) is 12.0 Å². The van der Waals surface area contributed by atoms with Crippen LogP contribution in [0.2, 0.25) is 0 Å². The number of hydrogen-bond donors (Lipinski definition) is 1. The van der Waals surface area contributed by atoms with Crippen LogP contribution >= 0.6 is 0 Å². The predicted molar refractivity (Wildman–Crippen MR) is 77.4 cm³/mol. The molecule has 1 heterocycles. The Morgan fingerprint density at radius 1 is 1.11 bits per heavy atom. The van der Waals surface area contributed by atoms with Crippen LogP contribution in [0.1, 0.15) is 43.3 Å². The van der Waals surface area contributed by atoms with Crippen LogP contribution < -0.4 is 5.73 Å². The minimum atomic E-state index is -0.0458. The molecule has 0 fully saturated rings. The van der Waals surface area contributed by atoms with E-state index in [2.05, 4.69) is 63.1 Å². The third kappa shape index (κ3) is 2.68. The van der Waals surface area contributed by atoms with Crippen molar-refractivity contribution in [1.29, 1.82) is 0 Å². The number of nitrogens with zero attached hydrogens (tertiary/aromatic N) is 3. The van der Waals surface area contributed by atoms with Gasteiger partial charge in [0.15, 0.2) is 0 Å². The van der Waals surface area contributed by atoms with Crippen molar-refractivity contribution >= 4 is 0 Å². The summed E-state index contributed by atoms with van der Waals surface area (Å²) in [5.41, 5.74) is 11.2. The van der Waals surface area contributed by atoms with Gasteiger partial charge in [0.2, 0.25) is 0 Å². The van der Waals surface area contributed by atoms with Gasteiger partial charge in [-0.2, -0.15) is 0 Å². The summed E-state index contributed by atoms with van der Waals surface area (Å²) in [6.45, 7) is 11.1. The molecule has 1 aromatic carbocycles. The lowest BCUT2D eigenvalue weighted by Crippen LogP contribution is -2.20. The maximum atomic E-state index is 5.78. The third-order valence-corrected chi connectivity index (χ3v) is 3.09. The van der Waals surface area contributed by atoms with E-state index in [1.54, 1.807) is 0 Å². The summed E-state index contributed by atoms with van der Waals surface area (Å²) in [7, 11) is 0. The molecule has 2 N–H and O–H groups in total. The number of nitrogens with two attached hydrogens (primary N) is 1. The van der Waals surface area contributed by atoms with Gasteiger partial charge in [-0.25, -0.2) is 4.68 Å². The first-order valence-corrected chi connectivity index (χ1v) is 6.56. The second-order valence-electron chi connectivity index (χ2n) is 6.10. The van der Waals surface area contributed by atoms with Crippen molar-refractivity contribution in [1.82, 2.24) is 15.0 Å². The van der Waals surface area contributed by atoms with Crippen LogP contribution in [0.3, 0.4) is 0 Å². The zero-order valence-corrected chi connectivity index (χ0v) is 12.4. The fourth-order valence-corrected chi connectivity index (χ4v) is 2.45. The Morgan fingerprint density at radius 3 is 2.16 bits per heavy atom. The van der Waals surface area contributed by atoms with Crippen molar-refractivity contribution in [3.05, 3.63) is 40.7 Å². The molecule has 0 aliphatic carbocycles. The fraction of sp³-hybridized carbons (Fsp3) is 0.467. The molecule has 0 saturated heterocycles. The molecule has 0 aliphatic heterocycles. The fourth-order valence-electron chi connectivity index (χ4n) is 2.45. The molecule has 2 aromatic rings. The molecular weight excluding hydrogens is 236 g/mol. The molecule has 1 aromatic heterocycles. The third-order valence-electron chi connectivity index (χ3n) is 3.09. The number of aromatic nitrogens is 3. The molecule has 0 saturated carbocycles.